The van der Waals surface area contributed by atoms with E-state index < -0.39 is 44.0 Å². The second-order valence-corrected chi connectivity index (χ2v) is 11.4. The molecule has 1 heterocycles. The molecule has 1 aliphatic rings. The number of amides is 1. The summed E-state index contributed by atoms with van der Waals surface area (Å²) >= 11 is 6.18. The van der Waals surface area contributed by atoms with Crippen LogP contribution in [0.25, 0.3) is 5.69 Å². The van der Waals surface area contributed by atoms with E-state index in [1.165, 1.54) is 35.1 Å². The summed E-state index contributed by atoms with van der Waals surface area (Å²) < 4.78 is 79.4. The Kier molecular flexibility index (Phi) is 6.91. The summed E-state index contributed by atoms with van der Waals surface area (Å²) in [5, 5.41) is 5.88. The molecule has 4 rings (SSSR count). The highest BCUT2D eigenvalue weighted by Crippen LogP contribution is 2.44. The molecule has 1 amide bonds. The average Bonchev–Trinajstić information content (AvgIpc) is 3.41. The van der Waals surface area contributed by atoms with Crippen LogP contribution < -0.4 is 5.32 Å². The first-order valence-electron chi connectivity index (χ1n) is 11.0. The second-order valence-electron chi connectivity index (χ2n) is 8.91. The van der Waals surface area contributed by atoms with E-state index in [0.717, 1.165) is 24.3 Å². The lowest BCUT2D eigenvalue weighted by molar-refractivity contribution is -0.137. The number of hydrogen-bond acceptors (Lipinski definition) is 4. The third-order valence-corrected chi connectivity index (χ3v) is 9.30. The van der Waals surface area contributed by atoms with Crippen molar-refractivity contribution in [3.8, 4) is 5.69 Å². The van der Waals surface area contributed by atoms with Gasteiger partial charge in [-0.2, -0.15) is 18.3 Å². The normalized spacial score (nSPS) is 20.4. The van der Waals surface area contributed by atoms with Crippen LogP contribution in [0.15, 0.2) is 59.6 Å². The van der Waals surface area contributed by atoms with E-state index in [0.29, 0.717) is 24.1 Å². The Morgan fingerprint density at radius 1 is 1.17 bits per heavy atom. The van der Waals surface area contributed by atoms with Crippen molar-refractivity contribution < 1.29 is 30.8 Å². The van der Waals surface area contributed by atoms with Crippen molar-refractivity contribution in [2.45, 2.75) is 49.1 Å². The van der Waals surface area contributed by atoms with Crippen molar-refractivity contribution in [1.29, 1.82) is 0 Å². The Balaban J connectivity index is 1.49. The van der Waals surface area contributed by atoms with E-state index in [9.17, 15) is 30.8 Å². The fourth-order valence-corrected chi connectivity index (χ4v) is 6.93. The molecule has 2 atom stereocenters. The monoisotopic (exact) mass is 543 g/mol. The lowest BCUT2D eigenvalue weighted by Gasteiger charge is -2.30. The number of rotatable bonds is 6. The largest absolute Gasteiger partial charge is 0.416 e. The molecule has 0 radical (unpaired) electrons. The molecule has 1 fully saturated rings. The predicted octanol–water partition coefficient (Wildman–Crippen LogP) is 5.33. The lowest BCUT2D eigenvalue weighted by atomic mass is 9.87. The molecule has 192 valence electrons. The first kappa shape index (κ1) is 26.2. The number of benzene rings is 2. The fraction of sp³-hybridized carbons (Fsp3) is 0.333. The van der Waals surface area contributed by atoms with Gasteiger partial charge in [-0.3, -0.25) is 4.79 Å². The van der Waals surface area contributed by atoms with Crippen LogP contribution in [0.3, 0.4) is 0 Å². The van der Waals surface area contributed by atoms with Crippen molar-refractivity contribution in [3.05, 3.63) is 76.8 Å². The van der Waals surface area contributed by atoms with E-state index in [2.05, 4.69) is 10.4 Å². The molecule has 0 bridgehead atoms. The van der Waals surface area contributed by atoms with Gasteiger partial charge >= 0.3 is 6.18 Å². The van der Waals surface area contributed by atoms with E-state index in [1.807, 2.05) is 0 Å². The Morgan fingerprint density at radius 2 is 1.81 bits per heavy atom. The molecule has 0 saturated heterocycles. The minimum Gasteiger partial charge on any atom is -0.351 e. The zero-order valence-corrected chi connectivity index (χ0v) is 20.6. The molecule has 1 aliphatic carbocycles. The number of nitrogens with one attached hydrogen (secondary N) is 1. The number of sulfone groups is 1. The topological polar surface area (TPSA) is 81.1 Å². The van der Waals surface area contributed by atoms with Crippen LogP contribution in [0.1, 0.15) is 37.3 Å². The zero-order valence-electron chi connectivity index (χ0n) is 19.0. The summed E-state index contributed by atoms with van der Waals surface area (Å²) in [5.74, 6) is -1.04. The van der Waals surface area contributed by atoms with Gasteiger partial charge < -0.3 is 5.32 Å². The molecular formula is C24H22ClF4N3O3S. The van der Waals surface area contributed by atoms with Crippen LogP contribution in [0.4, 0.5) is 17.6 Å². The van der Waals surface area contributed by atoms with Gasteiger partial charge in [0.05, 0.1) is 26.8 Å². The average molecular weight is 544 g/mol. The second kappa shape index (κ2) is 9.51. The van der Waals surface area contributed by atoms with Crippen LogP contribution in [-0.2, 0) is 27.4 Å². The number of carbonyl (C=O) groups is 1. The third kappa shape index (κ3) is 4.99. The highest BCUT2D eigenvalue weighted by atomic mass is 35.5. The summed E-state index contributed by atoms with van der Waals surface area (Å²) in [6, 6.07) is 8.86. The number of halogens is 5. The van der Waals surface area contributed by atoms with Gasteiger partial charge in [0.15, 0.2) is 15.0 Å². The highest BCUT2D eigenvalue weighted by Gasteiger charge is 2.51. The van der Waals surface area contributed by atoms with Gasteiger partial charge in [0.25, 0.3) is 0 Å². The number of nitrogens with zero attached hydrogens (tertiary/aromatic N) is 2. The van der Waals surface area contributed by atoms with Gasteiger partial charge in [0, 0.05) is 18.3 Å². The number of carbonyl (C=O) groups excluding carboxylic acids is 1. The zero-order chi connectivity index (χ0) is 26.3. The van der Waals surface area contributed by atoms with Gasteiger partial charge in [-0.15, -0.1) is 0 Å². The molecule has 0 unspecified atom stereocenters. The quantitative estimate of drug-likeness (QED) is 0.336. The summed E-state index contributed by atoms with van der Waals surface area (Å²) in [5.41, 5.74) is -1.27. The van der Waals surface area contributed by atoms with Crippen molar-refractivity contribution in [1.82, 2.24) is 15.1 Å². The maximum Gasteiger partial charge on any atom is 0.416 e. The van der Waals surface area contributed by atoms with Gasteiger partial charge in [0.2, 0.25) is 5.91 Å². The van der Waals surface area contributed by atoms with Crippen LogP contribution in [0.2, 0.25) is 5.15 Å². The summed E-state index contributed by atoms with van der Waals surface area (Å²) in [7, 11) is -3.90. The SMILES string of the molecule is C[C@@]1(C(=O)NCc2cn(-c3ccc(C(F)(F)F)cc3)nc2Cl)CCC[C@H]1S(=O)(=O)c1ccc(F)cc1. The summed E-state index contributed by atoms with van der Waals surface area (Å²) in [4.78, 5) is 13.1. The van der Waals surface area contributed by atoms with Crippen LogP contribution in [0.5, 0.6) is 0 Å². The van der Waals surface area contributed by atoms with E-state index in [4.69, 9.17) is 11.6 Å². The molecule has 1 aromatic heterocycles. The molecule has 2 aromatic carbocycles. The highest BCUT2D eigenvalue weighted by molar-refractivity contribution is 7.92. The van der Waals surface area contributed by atoms with Crippen LogP contribution in [0, 0.1) is 11.2 Å². The molecule has 6 nitrogen and oxygen atoms in total. The molecule has 0 aliphatic heterocycles. The number of alkyl halides is 3. The van der Waals surface area contributed by atoms with Crippen LogP contribution in [-0.4, -0.2) is 29.4 Å². The van der Waals surface area contributed by atoms with E-state index >= 15 is 0 Å². The lowest BCUT2D eigenvalue weighted by Crippen LogP contribution is -2.46. The number of aromatic nitrogens is 2. The maximum atomic E-state index is 13.3. The minimum absolute atomic E-state index is 0.0438. The molecule has 12 heteroatoms. The van der Waals surface area contributed by atoms with Crippen LogP contribution >= 0.6 is 11.6 Å². The molecule has 0 spiro atoms. The maximum absolute atomic E-state index is 13.3. The van der Waals surface area contributed by atoms with Crippen molar-refractivity contribution in [3.63, 3.8) is 0 Å². The standard InChI is InChI=1S/C24H22ClF4N3O3S/c1-23(12-2-3-20(23)36(34,35)19-10-6-17(26)7-11-19)22(33)30-13-15-14-32(31-21(15)25)18-8-4-16(5-9-18)24(27,28)29/h4-11,14,20H,2-3,12-13H2,1H3,(H,30,33)/t20-,23-/m1/s1. The first-order chi connectivity index (χ1) is 16.8. The predicted molar refractivity (Wildman–Crippen MR) is 125 cm³/mol. The van der Waals surface area contributed by atoms with Crippen molar-refractivity contribution in [2.75, 3.05) is 0 Å². The molecule has 1 N–H and O–H groups in total. The molecular weight excluding hydrogens is 522 g/mol. The van der Waals surface area contributed by atoms with Gasteiger partial charge in [-0.25, -0.2) is 17.5 Å². The van der Waals surface area contributed by atoms with Gasteiger partial charge in [-0.05, 0) is 68.3 Å². The summed E-state index contributed by atoms with van der Waals surface area (Å²) in [6.45, 7) is 1.53. The van der Waals surface area contributed by atoms with Gasteiger partial charge in [0.1, 0.15) is 5.82 Å². The molecule has 3 aromatic rings. The fourth-order valence-electron chi connectivity index (χ4n) is 4.50. The Bertz CT molecular complexity index is 1370. The van der Waals surface area contributed by atoms with Gasteiger partial charge in [-0.1, -0.05) is 18.0 Å². The van der Waals surface area contributed by atoms with Crippen molar-refractivity contribution in [2.24, 2.45) is 5.41 Å². The first-order valence-corrected chi connectivity index (χ1v) is 12.9. The molecule has 36 heavy (non-hydrogen) atoms. The third-order valence-electron chi connectivity index (χ3n) is 6.55. The summed E-state index contributed by atoms with van der Waals surface area (Å²) in [6.07, 6.45) is -1.82. The smallest absolute Gasteiger partial charge is 0.351 e. The Morgan fingerprint density at radius 3 is 2.42 bits per heavy atom. The van der Waals surface area contributed by atoms with E-state index in [-0.39, 0.29) is 23.0 Å². The molecule has 1 saturated carbocycles. The Labute approximate surface area is 210 Å². The Hall–Kier alpha value is -2.92. The van der Waals surface area contributed by atoms with Crippen molar-refractivity contribution >= 4 is 27.3 Å². The van der Waals surface area contributed by atoms with E-state index in [1.54, 1.807) is 6.92 Å². The number of hydrogen-bond donors (Lipinski definition) is 1. The minimum atomic E-state index is -4.46.